The number of H-pyrrole nitrogens is 1. The van der Waals surface area contributed by atoms with E-state index in [2.05, 4.69) is 52.0 Å². The molecule has 6 N–H and O–H groups in total. The van der Waals surface area contributed by atoms with Crippen LogP contribution in [0.4, 0.5) is 47.8 Å². The average Bonchev–Trinajstić information content (AvgIpc) is 1.62. The van der Waals surface area contributed by atoms with Crippen molar-refractivity contribution < 1.29 is 108 Å². The Morgan fingerprint density at radius 3 is 1.27 bits per heavy atom. The maximum absolute atomic E-state index is 14.3. The van der Waals surface area contributed by atoms with E-state index in [0.29, 0.717) is 29.7 Å². The van der Waals surface area contributed by atoms with Crippen molar-refractivity contribution in [3.8, 4) is 0 Å². The first-order valence-electron chi connectivity index (χ1n) is 35.6. The minimum Gasteiger partial charge on any atom is -0.475 e. The van der Waals surface area contributed by atoms with Gasteiger partial charge in [-0.3, -0.25) is 38.4 Å². The molecule has 10 aromatic rings. The van der Waals surface area contributed by atoms with Gasteiger partial charge in [0.25, 0.3) is 46.8 Å². The summed E-state index contributed by atoms with van der Waals surface area (Å²) in [6.07, 6.45) is -1.45. The van der Waals surface area contributed by atoms with Gasteiger partial charge in [-0.05, 0) is 153 Å². The number of aliphatic carboxylic acids is 1. The lowest BCUT2D eigenvalue weighted by Gasteiger charge is -2.14. The zero-order chi connectivity index (χ0) is 84.7. The zero-order valence-corrected chi connectivity index (χ0v) is 64.4. The smallest absolute Gasteiger partial charge is 0.382 e. The topological polar surface area (TPSA) is 406 Å². The van der Waals surface area contributed by atoms with Gasteiger partial charge in [0.05, 0.1) is 88.5 Å². The molecule has 0 bridgehead atoms. The molecule has 31 nitrogen and oxygen atoms in total. The van der Waals surface area contributed by atoms with Gasteiger partial charge in [0.1, 0.15) is 76.1 Å². The van der Waals surface area contributed by atoms with Gasteiger partial charge in [-0.2, -0.15) is 15.4 Å². The number of pyridine rings is 1. The highest BCUT2D eigenvalue weighted by Crippen LogP contribution is 2.45. The van der Waals surface area contributed by atoms with Gasteiger partial charge in [-0.25, -0.2) is 54.9 Å². The van der Waals surface area contributed by atoms with Crippen molar-refractivity contribution in [1.82, 2.24) is 59.1 Å². The number of ketones is 4. The molecule has 0 spiro atoms. The Hall–Kier alpha value is -12.7. The average molecular weight is 1680 g/mol. The molecule has 1 saturated carbocycles. The number of Topliss-reactive ketones (excluding diaryl/α,β-unsaturated/α-hetero) is 4. The highest BCUT2D eigenvalue weighted by atomic mass is 35.5. The molecule has 7 aromatic heterocycles. The van der Waals surface area contributed by atoms with Crippen molar-refractivity contribution in [2.75, 3.05) is 29.2 Å². The lowest BCUT2D eigenvalue weighted by atomic mass is 10.0. The molecular formula is C76H65Cl3F7N15O16. The molecule has 3 aromatic carbocycles. The van der Waals surface area contributed by atoms with Crippen LogP contribution < -0.4 is 26.1 Å². The molecule has 610 valence electrons. The first-order chi connectivity index (χ1) is 55.6. The van der Waals surface area contributed by atoms with E-state index < -0.39 is 118 Å². The number of halogens is 10. The Morgan fingerprint density at radius 2 is 0.915 bits per heavy atom. The third-order valence-electron chi connectivity index (χ3n) is 19.6. The number of alkyl halides is 4. The van der Waals surface area contributed by atoms with Gasteiger partial charge in [0.15, 0.2) is 0 Å². The fourth-order valence-corrected chi connectivity index (χ4v) is 15.0. The number of fused-ring (bicyclic) bond motifs is 5. The Kier molecular flexibility index (Phi) is 24.3. The summed E-state index contributed by atoms with van der Waals surface area (Å²) >= 11 is 17.2. The number of carbonyl (C=O) groups excluding carboxylic acids is 11. The zero-order valence-electron chi connectivity index (χ0n) is 62.1. The molecule has 1 aliphatic carbocycles. The molecular weight excluding hydrogens is 1620 g/mol. The lowest BCUT2D eigenvalue weighted by molar-refractivity contribution is -0.138. The quantitative estimate of drug-likeness (QED) is 0.0136. The summed E-state index contributed by atoms with van der Waals surface area (Å²) in [6.45, 7) is 8.62. The van der Waals surface area contributed by atoms with Crippen molar-refractivity contribution in [3.05, 3.63) is 207 Å². The van der Waals surface area contributed by atoms with Crippen LogP contribution in [0.25, 0.3) is 11.2 Å². The summed E-state index contributed by atoms with van der Waals surface area (Å²) in [5, 5.41) is 36.6. The fraction of sp³-hybridized carbons (Fsp3) is 0.303. The van der Waals surface area contributed by atoms with E-state index in [1.807, 2.05) is 0 Å². The van der Waals surface area contributed by atoms with Crippen LogP contribution in [-0.4, -0.2) is 167 Å². The van der Waals surface area contributed by atoms with Crippen LogP contribution in [0.5, 0.6) is 0 Å². The highest BCUT2D eigenvalue weighted by molar-refractivity contribution is 6.44. The van der Waals surface area contributed by atoms with Gasteiger partial charge in [-0.1, -0.05) is 34.8 Å². The fourth-order valence-electron chi connectivity index (χ4n) is 14.4. The Morgan fingerprint density at radius 1 is 0.538 bits per heavy atom. The summed E-state index contributed by atoms with van der Waals surface area (Å²) in [5.41, 5.74) is 2.86. The van der Waals surface area contributed by atoms with Crippen LogP contribution in [0.1, 0.15) is 161 Å². The molecule has 0 unspecified atom stereocenters. The van der Waals surface area contributed by atoms with Crippen molar-refractivity contribution in [2.45, 2.75) is 136 Å². The van der Waals surface area contributed by atoms with E-state index in [4.69, 9.17) is 54.2 Å². The number of benzene rings is 3. The molecule has 15 rings (SSSR count). The Labute approximate surface area is 670 Å². The predicted molar refractivity (Wildman–Crippen MR) is 399 cm³/mol. The standard InChI is InChI=1S/C22H19ClF2N6O3.C19H17ClF2N2O4.C18H16FN5O5.C17H13ClF2N2O4/c1-10-17(19(32)21(34)28-22(4-5-22)16-8-26-30-29-16)15-6-11(24)9-31(15)18(10)20(33)27-12-2-3-14(25)13(23)7-12;1-3-28-19(27)17(25)15-9(2)16(24-8-10(21)6-14(15)24)18(26)23-11-4-5-13(22)12(20)7-11;1-3-28-18(27)15(25)13-9(2)14(23-8-10(19)7-12(13)23)17(26)29-24-16-11(21-22-24)5-4-6-20-16;1-7-13(15(23)17(25)26)12-4-8(19)6-22(12)14(7)16(24)21-9-2-3-11(20)10(18)5-9/h2-3,7-8,11H,4-6,9H2,1H3,(H,27,33)(H,28,34)(H,26,29,30);4-5,7,10H,3,6,8H2,1-2H3,(H,23,26);4-6,10H,3,7-8H2,1-2H3;2-3,5,8H,4,6H2,1H3,(H,21,24)(H,25,26)/t11-;2*10-;8-/m1111/s1. The maximum Gasteiger partial charge on any atom is 0.382 e. The predicted octanol–water partition coefficient (Wildman–Crippen LogP) is 10.2. The van der Waals surface area contributed by atoms with Crippen LogP contribution in [-0.2, 0) is 86.1 Å². The number of hydrogen-bond donors (Lipinski definition) is 6. The first kappa shape index (κ1) is 83.7. The van der Waals surface area contributed by atoms with Crippen molar-refractivity contribution in [1.29, 1.82) is 0 Å². The summed E-state index contributed by atoms with van der Waals surface area (Å²) in [7, 11) is 0. The second-order valence-corrected chi connectivity index (χ2v) is 28.4. The van der Waals surface area contributed by atoms with Crippen molar-refractivity contribution in [2.24, 2.45) is 0 Å². The maximum atomic E-state index is 14.3. The van der Waals surface area contributed by atoms with Gasteiger partial charge in [0, 0.05) is 71.7 Å². The highest BCUT2D eigenvalue weighted by Gasteiger charge is 2.50. The van der Waals surface area contributed by atoms with Gasteiger partial charge < -0.3 is 59.0 Å². The number of hydrogen-bond acceptors (Lipinski definition) is 20. The summed E-state index contributed by atoms with van der Waals surface area (Å²) in [5.74, 6) is -13.3. The molecule has 0 saturated heterocycles. The summed E-state index contributed by atoms with van der Waals surface area (Å²) < 4.78 is 111. The van der Waals surface area contributed by atoms with E-state index in [9.17, 15) is 88.3 Å². The Balaban J connectivity index is 0.000000144. The number of nitrogens with zero attached hydrogens (tertiary/aromatic N) is 10. The SMILES string of the molecule is CCOC(=O)C(=O)c1c(C)c(C(=O)Nc2ccc(F)c(Cl)c2)n2c1C[C@@H](F)C2.CCOC(=O)C(=O)c1c(C)c(C(=O)On2nnc3cccnc32)n2c1C[C@@H](F)C2.Cc1c(C(=O)C(=O)NC2(c3cn[nH]n3)CC2)c2n(c1C(=O)Nc1ccc(F)c(Cl)c1)C[C@H](F)C2.Cc1c(C(=O)C(=O)O)c2n(c1C(=O)Nc1ccc(F)c(Cl)c1)C[C@H](F)C2. The van der Waals surface area contributed by atoms with E-state index in [0.717, 1.165) is 23.0 Å². The van der Waals surface area contributed by atoms with Gasteiger partial charge >= 0.3 is 23.9 Å². The number of ether oxygens (including phenoxy) is 2. The summed E-state index contributed by atoms with van der Waals surface area (Å²) in [6, 6.07) is 14.2. The minimum absolute atomic E-state index is 0.00908. The number of amides is 4. The van der Waals surface area contributed by atoms with E-state index >= 15 is 0 Å². The molecule has 4 atom stereocenters. The van der Waals surface area contributed by atoms with E-state index in [1.165, 1.54) is 94.8 Å². The third kappa shape index (κ3) is 16.8. The molecule has 117 heavy (non-hydrogen) atoms. The van der Waals surface area contributed by atoms with Gasteiger partial charge in [0.2, 0.25) is 5.65 Å². The first-order valence-corrected chi connectivity index (χ1v) is 36.8. The number of carbonyl (C=O) groups is 12. The second kappa shape index (κ2) is 34.0. The number of rotatable bonds is 20. The number of carboxylic acids is 1. The number of aromatic amines is 1. The van der Waals surface area contributed by atoms with Gasteiger partial charge in [-0.15, -0.1) is 5.10 Å². The number of carboxylic acid groups (broad SMARTS) is 1. The Bertz CT molecular complexity index is 5810. The van der Waals surface area contributed by atoms with Crippen LogP contribution in [0, 0.1) is 45.1 Å². The van der Waals surface area contributed by atoms with Crippen LogP contribution >= 0.6 is 34.8 Å². The number of nitrogens with one attached hydrogen (secondary N) is 5. The summed E-state index contributed by atoms with van der Waals surface area (Å²) in [4.78, 5) is 160. The van der Waals surface area contributed by atoms with E-state index in [1.54, 1.807) is 26.0 Å². The molecule has 0 radical (unpaired) electrons. The molecule has 4 amide bonds. The number of anilines is 3. The molecule has 1 fully saturated rings. The van der Waals surface area contributed by atoms with E-state index in [-0.39, 0.29) is 187 Å². The number of aromatic nitrogens is 11. The van der Waals surface area contributed by atoms with Crippen LogP contribution in [0.3, 0.4) is 0 Å². The van der Waals surface area contributed by atoms with Crippen molar-refractivity contribution in [3.63, 3.8) is 0 Å². The lowest BCUT2D eigenvalue weighted by Crippen LogP contribution is -2.40. The molecule has 41 heteroatoms. The third-order valence-corrected chi connectivity index (χ3v) is 20.5. The monoisotopic (exact) mass is 1680 g/mol. The molecule has 5 aliphatic rings. The molecule has 4 aliphatic heterocycles. The molecule has 11 heterocycles. The number of esters is 2. The normalized spacial score (nSPS) is 16.1. The van der Waals surface area contributed by atoms with Crippen LogP contribution in [0.2, 0.25) is 15.1 Å². The largest absolute Gasteiger partial charge is 0.475 e. The van der Waals surface area contributed by atoms with Crippen molar-refractivity contribution >= 4 is 134 Å². The minimum atomic E-state index is -1.68. The van der Waals surface area contributed by atoms with Crippen LogP contribution in [0.15, 0.2) is 79.1 Å². The second-order valence-electron chi connectivity index (χ2n) is 27.2.